The van der Waals surface area contributed by atoms with Gasteiger partial charge in [0.2, 0.25) is 5.91 Å². The van der Waals surface area contributed by atoms with Crippen molar-refractivity contribution in [3.05, 3.63) is 47.3 Å². The van der Waals surface area contributed by atoms with Crippen molar-refractivity contribution in [2.45, 2.75) is 44.7 Å². The highest BCUT2D eigenvalue weighted by atomic mass is 16.5. The molecular weight excluding hydrogens is 434 g/mol. The number of aromatic nitrogens is 2. The SMILES string of the molecule is Cn1nc(C(=O)N2CCC[C@@H](C(=O)NC3CC3)C2)c2c1CCN(C(=O)COc1ccccc1)C2. The molecule has 3 heterocycles. The van der Waals surface area contributed by atoms with Gasteiger partial charge >= 0.3 is 0 Å². The number of ether oxygens (including phenoxy) is 1. The largest absolute Gasteiger partial charge is 0.484 e. The molecule has 180 valence electrons. The molecule has 1 aliphatic carbocycles. The van der Waals surface area contributed by atoms with E-state index in [0.29, 0.717) is 50.1 Å². The topological polar surface area (TPSA) is 96.8 Å². The van der Waals surface area contributed by atoms with E-state index in [2.05, 4.69) is 10.4 Å². The highest BCUT2D eigenvalue weighted by Gasteiger charge is 2.35. The predicted octanol–water partition coefficient (Wildman–Crippen LogP) is 1.51. The molecule has 3 amide bonds. The van der Waals surface area contributed by atoms with Crippen LogP contribution in [-0.2, 0) is 29.6 Å². The van der Waals surface area contributed by atoms with Crippen LogP contribution in [0.1, 0.15) is 47.4 Å². The van der Waals surface area contributed by atoms with Gasteiger partial charge in [-0.2, -0.15) is 5.10 Å². The van der Waals surface area contributed by atoms with Gasteiger partial charge < -0.3 is 19.9 Å². The van der Waals surface area contributed by atoms with Crippen LogP contribution in [0.15, 0.2) is 30.3 Å². The quantitative estimate of drug-likeness (QED) is 0.698. The Morgan fingerprint density at radius 2 is 1.88 bits per heavy atom. The van der Waals surface area contributed by atoms with Crippen LogP contribution in [0.4, 0.5) is 0 Å². The van der Waals surface area contributed by atoms with Crippen molar-refractivity contribution in [1.82, 2.24) is 24.9 Å². The summed E-state index contributed by atoms with van der Waals surface area (Å²) in [6, 6.07) is 9.57. The first-order chi connectivity index (χ1) is 16.5. The Labute approximate surface area is 199 Å². The molecule has 1 atom stereocenters. The molecule has 1 aromatic carbocycles. The number of rotatable bonds is 6. The van der Waals surface area contributed by atoms with E-state index in [1.807, 2.05) is 37.4 Å². The van der Waals surface area contributed by atoms with E-state index < -0.39 is 0 Å². The van der Waals surface area contributed by atoms with E-state index in [4.69, 9.17) is 4.74 Å². The summed E-state index contributed by atoms with van der Waals surface area (Å²) < 4.78 is 7.38. The monoisotopic (exact) mass is 465 g/mol. The van der Waals surface area contributed by atoms with Gasteiger partial charge in [0.15, 0.2) is 12.3 Å². The fraction of sp³-hybridized carbons (Fsp3) is 0.520. The van der Waals surface area contributed by atoms with Crippen LogP contribution in [0.5, 0.6) is 5.75 Å². The summed E-state index contributed by atoms with van der Waals surface area (Å²) >= 11 is 0. The number of para-hydroxylation sites is 1. The molecule has 1 saturated heterocycles. The molecule has 34 heavy (non-hydrogen) atoms. The zero-order chi connectivity index (χ0) is 23.7. The number of fused-ring (bicyclic) bond motifs is 1. The van der Waals surface area contributed by atoms with E-state index >= 15 is 0 Å². The van der Waals surface area contributed by atoms with Gasteiger partial charge in [-0.15, -0.1) is 0 Å². The Hall–Kier alpha value is -3.36. The number of piperidine rings is 1. The molecule has 2 fully saturated rings. The lowest BCUT2D eigenvalue weighted by atomic mass is 9.96. The summed E-state index contributed by atoms with van der Waals surface area (Å²) in [6.07, 6.45) is 4.33. The van der Waals surface area contributed by atoms with Crippen molar-refractivity contribution < 1.29 is 19.1 Å². The van der Waals surface area contributed by atoms with Crippen molar-refractivity contribution in [3.8, 4) is 5.75 Å². The molecule has 0 unspecified atom stereocenters. The number of hydrogen-bond donors (Lipinski definition) is 1. The van der Waals surface area contributed by atoms with E-state index in [1.165, 1.54) is 0 Å². The number of carbonyl (C=O) groups excluding carboxylic acids is 3. The zero-order valence-corrected chi connectivity index (χ0v) is 19.5. The first-order valence-electron chi connectivity index (χ1n) is 12.1. The van der Waals surface area contributed by atoms with E-state index in [0.717, 1.165) is 36.9 Å². The summed E-state index contributed by atoms with van der Waals surface area (Å²) in [7, 11) is 1.84. The fourth-order valence-electron chi connectivity index (χ4n) is 4.80. The van der Waals surface area contributed by atoms with Crippen LogP contribution in [0.2, 0.25) is 0 Å². The molecule has 5 rings (SSSR count). The van der Waals surface area contributed by atoms with Gasteiger partial charge in [0, 0.05) is 56.9 Å². The number of nitrogens with one attached hydrogen (secondary N) is 1. The molecule has 2 aromatic rings. The van der Waals surface area contributed by atoms with Gasteiger partial charge in [0.1, 0.15) is 5.75 Å². The normalized spacial score (nSPS) is 20.0. The summed E-state index contributed by atoms with van der Waals surface area (Å²) in [5.74, 6) is 0.252. The Balaban J connectivity index is 1.25. The van der Waals surface area contributed by atoms with Crippen molar-refractivity contribution in [2.24, 2.45) is 13.0 Å². The van der Waals surface area contributed by atoms with Crippen LogP contribution in [0.25, 0.3) is 0 Å². The van der Waals surface area contributed by atoms with Crippen LogP contribution in [0.3, 0.4) is 0 Å². The molecule has 0 spiro atoms. The molecule has 3 aliphatic rings. The highest BCUT2D eigenvalue weighted by Crippen LogP contribution is 2.26. The second kappa shape index (κ2) is 9.48. The maximum atomic E-state index is 13.5. The molecule has 0 radical (unpaired) electrons. The summed E-state index contributed by atoms with van der Waals surface area (Å²) in [5.41, 5.74) is 2.18. The van der Waals surface area contributed by atoms with Crippen molar-refractivity contribution in [1.29, 1.82) is 0 Å². The number of benzene rings is 1. The number of hydrogen-bond acceptors (Lipinski definition) is 5. The maximum Gasteiger partial charge on any atom is 0.274 e. The average Bonchev–Trinajstić information content (AvgIpc) is 3.63. The fourth-order valence-corrected chi connectivity index (χ4v) is 4.80. The smallest absolute Gasteiger partial charge is 0.274 e. The molecule has 1 N–H and O–H groups in total. The van der Waals surface area contributed by atoms with Crippen molar-refractivity contribution in [2.75, 3.05) is 26.2 Å². The van der Waals surface area contributed by atoms with Crippen LogP contribution in [-0.4, -0.2) is 69.6 Å². The van der Waals surface area contributed by atoms with Gasteiger partial charge in [-0.25, -0.2) is 0 Å². The number of nitrogens with zero attached hydrogens (tertiary/aromatic N) is 4. The molecule has 9 nitrogen and oxygen atoms in total. The summed E-state index contributed by atoms with van der Waals surface area (Å²) in [6.45, 7) is 1.87. The third-order valence-electron chi connectivity index (χ3n) is 6.91. The summed E-state index contributed by atoms with van der Waals surface area (Å²) in [5, 5.41) is 7.60. The Kier molecular flexibility index (Phi) is 6.26. The first-order valence-corrected chi connectivity index (χ1v) is 12.1. The zero-order valence-electron chi connectivity index (χ0n) is 19.5. The first kappa shape index (κ1) is 22.4. The molecule has 9 heteroatoms. The second-order valence-corrected chi connectivity index (χ2v) is 9.44. The highest BCUT2D eigenvalue weighted by molar-refractivity contribution is 5.95. The minimum Gasteiger partial charge on any atom is -0.484 e. The van der Waals surface area contributed by atoms with E-state index in [-0.39, 0.29) is 30.2 Å². The number of aryl methyl sites for hydroxylation is 1. The van der Waals surface area contributed by atoms with Gasteiger partial charge in [-0.1, -0.05) is 18.2 Å². The van der Waals surface area contributed by atoms with Gasteiger partial charge in [0.05, 0.1) is 5.92 Å². The van der Waals surface area contributed by atoms with Crippen LogP contribution >= 0.6 is 0 Å². The Bertz CT molecular complexity index is 1080. The van der Waals surface area contributed by atoms with Crippen molar-refractivity contribution in [3.63, 3.8) is 0 Å². The third kappa shape index (κ3) is 4.78. The van der Waals surface area contributed by atoms with Gasteiger partial charge in [-0.3, -0.25) is 19.1 Å². The number of amides is 3. The minimum absolute atomic E-state index is 0.0488. The van der Waals surface area contributed by atoms with Crippen LogP contribution in [0, 0.1) is 5.92 Å². The summed E-state index contributed by atoms with van der Waals surface area (Å²) in [4.78, 5) is 42.3. The van der Waals surface area contributed by atoms with Crippen LogP contribution < -0.4 is 10.1 Å². The molecule has 0 bridgehead atoms. The van der Waals surface area contributed by atoms with Gasteiger partial charge in [0.25, 0.3) is 11.8 Å². The van der Waals surface area contributed by atoms with E-state index in [1.54, 1.807) is 14.5 Å². The van der Waals surface area contributed by atoms with Gasteiger partial charge in [-0.05, 0) is 37.8 Å². The molecule has 1 saturated carbocycles. The number of carbonyl (C=O) groups is 3. The Morgan fingerprint density at radius 3 is 2.65 bits per heavy atom. The molecule has 2 aliphatic heterocycles. The lowest BCUT2D eigenvalue weighted by molar-refractivity contribution is -0.134. The molecular formula is C25H31N5O4. The Morgan fingerprint density at radius 1 is 1.09 bits per heavy atom. The van der Waals surface area contributed by atoms with E-state index in [9.17, 15) is 14.4 Å². The minimum atomic E-state index is -0.175. The third-order valence-corrected chi connectivity index (χ3v) is 6.91. The average molecular weight is 466 g/mol. The number of likely N-dealkylation sites (tertiary alicyclic amines) is 1. The predicted molar refractivity (Wildman–Crippen MR) is 124 cm³/mol. The second-order valence-electron chi connectivity index (χ2n) is 9.44. The maximum absolute atomic E-state index is 13.5. The molecule has 1 aromatic heterocycles. The lowest BCUT2D eigenvalue weighted by Gasteiger charge is -2.32. The standard InChI is InChI=1S/C25H31N5O4/c1-28-21-11-13-29(22(31)16-34-19-7-3-2-4-8-19)15-20(21)23(27-28)25(33)30-12-5-6-17(14-30)24(32)26-18-9-10-18/h2-4,7-8,17-18H,5-6,9-16H2,1H3,(H,26,32)/t17-/m1/s1. The lowest BCUT2D eigenvalue weighted by Crippen LogP contribution is -2.46. The van der Waals surface area contributed by atoms with Crippen molar-refractivity contribution >= 4 is 17.7 Å².